The molecule has 1 unspecified atom stereocenters. The topological polar surface area (TPSA) is 66.5 Å². The zero-order chi connectivity index (χ0) is 21.9. The number of hydrogen-bond acceptors (Lipinski definition) is 4. The number of hydrogen-bond donors (Lipinski definition) is 1. The molecular formula is C23H28N2O3S2. The first kappa shape index (κ1) is 22.3. The van der Waals surface area contributed by atoms with Crippen molar-refractivity contribution in [3.05, 3.63) is 64.5 Å². The number of amides is 1. The van der Waals surface area contributed by atoms with E-state index in [0.29, 0.717) is 10.6 Å². The minimum atomic E-state index is -3.47. The van der Waals surface area contributed by atoms with Gasteiger partial charge >= 0.3 is 0 Å². The predicted molar refractivity (Wildman–Crippen MR) is 126 cm³/mol. The summed E-state index contributed by atoms with van der Waals surface area (Å²) in [6.45, 7) is 6.35. The van der Waals surface area contributed by atoms with Gasteiger partial charge < -0.3 is 5.32 Å². The van der Waals surface area contributed by atoms with Crippen LogP contribution in [0.5, 0.6) is 0 Å². The number of fused-ring (bicyclic) bond motifs is 1. The Morgan fingerprint density at radius 2 is 1.83 bits per heavy atom. The Hall–Kier alpha value is -2.38. The van der Waals surface area contributed by atoms with Crippen molar-refractivity contribution < 1.29 is 13.2 Å². The first-order chi connectivity index (χ1) is 14.2. The average Bonchev–Trinajstić information content (AvgIpc) is 3.10. The molecule has 0 bridgehead atoms. The van der Waals surface area contributed by atoms with Gasteiger partial charge in [-0.25, -0.2) is 8.42 Å². The van der Waals surface area contributed by atoms with Gasteiger partial charge in [0.1, 0.15) is 0 Å². The monoisotopic (exact) mass is 444 g/mol. The highest BCUT2D eigenvalue weighted by Crippen LogP contribution is 2.31. The molecule has 0 radical (unpaired) electrons. The van der Waals surface area contributed by atoms with E-state index in [1.165, 1.54) is 21.9 Å². The Morgan fingerprint density at radius 3 is 2.47 bits per heavy atom. The third-order valence-electron chi connectivity index (χ3n) is 4.96. The van der Waals surface area contributed by atoms with Gasteiger partial charge in [0.15, 0.2) is 0 Å². The third-order valence-corrected chi connectivity index (χ3v) is 7.21. The van der Waals surface area contributed by atoms with Gasteiger partial charge in [-0.1, -0.05) is 43.2 Å². The Kier molecular flexibility index (Phi) is 6.83. The number of carbonyl (C=O) groups excluding carboxylic acids is 1. The minimum absolute atomic E-state index is 0.0849. The maximum absolute atomic E-state index is 12.5. The number of rotatable bonds is 8. The van der Waals surface area contributed by atoms with E-state index in [2.05, 4.69) is 12.2 Å². The summed E-state index contributed by atoms with van der Waals surface area (Å²) >= 11 is 1.42. The lowest BCUT2D eigenvalue weighted by Crippen LogP contribution is -2.31. The van der Waals surface area contributed by atoms with Crippen LogP contribution >= 0.6 is 11.3 Å². The first-order valence-corrected chi connectivity index (χ1v) is 12.7. The zero-order valence-corrected chi connectivity index (χ0v) is 19.4. The van der Waals surface area contributed by atoms with Crippen LogP contribution in [-0.2, 0) is 16.6 Å². The van der Waals surface area contributed by atoms with E-state index in [9.17, 15) is 13.2 Å². The molecule has 7 heteroatoms. The van der Waals surface area contributed by atoms with Gasteiger partial charge in [0.25, 0.3) is 5.91 Å². The molecule has 0 aliphatic heterocycles. The van der Waals surface area contributed by atoms with Gasteiger partial charge in [0.2, 0.25) is 10.0 Å². The number of benzene rings is 2. The van der Waals surface area contributed by atoms with Crippen LogP contribution in [0.3, 0.4) is 0 Å². The molecule has 3 aromatic rings. The number of nitrogens with zero attached hydrogens (tertiary/aromatic N) is 1. The van der Waals surface area contributed by atoms with Gasteiger partial charge in [-0.05, 0) is 55.5 Å². The summed E-state index contributed by atoms with van der Waals surface area (Å²) in [5.74, 6) is -0.0849. The maximum atomic E-state index is 12.5. The fourth-order valence-electron chi connectivity index (χ4n) is 3.36. The minimum Gasteiger partial charge on any atom is -0.349 e. The highest BCUT2D eigenvalue weighted by atomic mass is 32.2. The molecule has 0 saturated carbocycles. The number of thiophene rings is 1. The smallest absolute Gasteiger partial charge is 0.261 e. The zero-order valence-electron chi connectivity index (χ0n) is 17.8. The summed E-state index contributed by atoms with van der Waals surface area (Å²) < 4.78 is 27.4. The van der Waals surface area contributed by atoms with Gasteiger partial charge in [0, 0.05) is 10.7 Å². The van der Waals surface area contributed by atoms with E-state index >= 15 is 0 Å². The second-order valence-corrected chi connectivity index (χ2v) is 10.7. The summed E-state index contributed by atoms with van der Waals surface area (Å²) in [5.41, 5.74) is 2.64. The largest absolute Gasteiger partial charge is 0.349 e. The van der Waals surface area contributed by atoms with E-state index in [1.54, 1.807) is 6.07 Å². The summed E-state index contributed by atoms with van der Waals surface area (Å²) in [6, 6.07) is 15.3. The predicted octanol–water partition coefficient (Wildman–Crippen LogP) is 5.09. The summed E-state index contributed by atoms with van der Waals surface area (Å²) in [4.78, 5) is 13.2. The van der Waals surface area contributed by atoms with Crippen molar-refractivity contribution in [2.75, 3.05) is 10.6 Å². The number of anilines is 1. The molecule has 1 amide bonds. The average molecular weight is 445 g/mol. The van der Waals surface area contributed by atoms with Crippen molar-refractivity contribution in [2.24, 2.45) is 0 Å². The summed E-state index contributed by atoms with van der Waals surface area (Å²) in [5, 5.41) is 3.89. The van der Waals surface area contributed by atoms with Crippen LogP contribution in [0.1, 0.15) is 47.5 Å². The van der Waals surface area contributed by atoms with Crippen molar-refractivity contribution in [1.29, 1.82) is 0 Å². The maximum Gasteiger partial charge on any atom is 0.261 e. The highest BCUT2D eigenvalue weighted by Gasteiger charge is 2.19. The molecule has 1 heterocycles. The van der Waals surface area contributed by atoms with E-state index < -0.39 is 10.0 Å². The van der Waals surface area contributed by atoms with Gasteiger partial charge in [-0.2, -0.15) is 0 Å². The quantitative estimate of drug-likeness (QED) is 0.526. The molecule has 2 aromatic carbocycles. The second kappa shape index (κ2) is 9.18. The molecule has 0 spiro atoms. The fourth-order valence-corrected chi connectivity index (χ4v) is 5.18. The van der Waals surface area contributed by atoms with E-state index in [4.69, 9.17) is 0 Å². The lowest BCUT2D eigenvalue weighted by atomic mass is 10.1. The number of carbonyl (C=O) groups is 1. The SMILES string of the molecule is CCCC(C)NC(=O)c1cc2cc(N(Cc3ccc(C)cc3)S(C)(=O)=O)ccc2s1. The first-order valence-electron chi connectivity index (χ1n) is 10.0. The standard InChI is InChI=1S/C23H28N2O3S2/c1-5-6-17(3)24-23(26)22-14-19-13-20(11-12-21(19)29-22)25(30(4,27)28)15-18-9-7-16(2)8-10-18/h7-14,17H,5-6,15H2,1-4H3,(H,24,26). The summed E-state index contributed by atoms with van der Waals surface area (Å²) in [7, 11) is -3.47. The molecule has 1 atom stereocenters. The molecule has 1 aromatic heterocycles. The molecule has 0 aliphatic rings. The Morgan fingerprint density at radius 1 is 1.13 bits per heavy atom. The van der Waals surface area contributed by atoms with E-state index in [-0.39, 0.29) is 18.5 Å². The third kappa shape index (κ3) is 5.40. The van der Waals surface area contributed by atoms with Gasteiger partial charge in [0.05, 0.1) is 23.4 Å². The fraction of sp³-hybridized carbons (Fsp3) is 0.348. The molecule has 3 rings (SSSR count). The molecule has 5 nitrogen and oxygen atoms in total. The van der Waals surface area contributed by atoms with Crippen LogP contribution in [0.15, 0.2) is 48.5 Å². The Balaban J connectivity index is 1.89. The highest BCUT2D eigenvalue weighted by molar-refractivity contribution is 7.92. The molecule has 30 heavy (non-hydrogen) atoms. The normalized spacial score (nSPS) is 12.7. The Bertz CT molecular complexity index is 1130. The van der Waals surface area contributed by atoms with E-state index in [0.717, 1.165) is 34.1 Å². The lowest BCUT2D eigenvalue weighted by Gasteiger charge is -2.22. The van der Waals surface area contributed by atoms with Crippen molar-refractivity contribution in [2.45, 2.75) is 46.2 Å². The molecule has 0 saturated heterocycles. The van der Waals surface area contributed by atoms with Crippen LogP contribution in [-0.4, -0.2) is 26.6 Å². The van der Waals surface area contributed by atoms with Gasteiger partial charge in [-0.3, -0.25) is 9.10 Å². The van der Waals surface area contributed by atoms with Crippen molar-refractivity contribution in [3.8, 4) is 0 Å². The van der Waals surface area contributed by atoms with Crippen LogP contribution < -0.4 is 9.62 Å². The summed E-state index contributed by atoms with van der Waals surface area (Å²) in [6.07, 6.45) is 3.16. The second-order valence-electron chi connectivity index (χ2n) is 7.75. The molecular weight excluding hydrogens is 416 g/mol. The van der Waals surface area contributed by atoms with Crippen molar-refractivity contribution >= 4 is 43.0 Å². The Labute approximate surface area is 182 Å². The molecule has 0 aliphatic carbocycles. The number of aryl methyl sites for hydroxylation is 1. The van der Waals surface area contributed by atoms with Crippen LogP contribution in [0.4, 0.5) is 5.69 Å². The molecule has 0 fully saturated rings. The van der Waals surface area contributed by atoms with Crippen LogP contribution in [0, 0.1) is 6.92 Å². The molecule has 160 valence electrons. The number of sulfonamides is 1. The van der Waals surface area contributed by atoms with E-state index in [1.807, 2.05) is 56.3 Å². The molecule has 1 N–H and O–H groups in total. The van der Waals surface area contributed by atoms with Crippen molar-refractivity contribution in [1.82, 2.24) is 5.32 Å². The van der Waals surface area contributed by atoms with Crippen LogP contribution in [0.25, 0.3) is 10.1 Å². The lowest BCUT2D eigenvalue weighted by molar-refractivity contribution is 0.0942. The van der Waals surface area contributed by atoms with Crippen LogP contribution in [0.2, 0.25) is 0 Å². The van der Waals surface area contributed by atoms with Crippen molar-refractivity contribution in [3.63, 3.8) is 0 Å². The number of nitrogens with one attached hydrogen (secondary N) is 1. The van der Waals surface area contributed by atoms with Gasteiger partial charge in [-0.15, -0.1) is 11.3 Å².